The van der Waals surface area contributed by atoms with Gasteiger partial charge >= 0.3 is 0 Å². The molecule has 1 N–H and O–H groups in total. The molecule has 0 atom stereocenters. The number of aliphatic hydroxyl groups is 1. The maximum absolute atomic E-state index is 9.11. The first kappa shape index (κ1) is 11.6. The molecule has 2 aromatic rings. The summed E-state index contributed by atoms with van der Waals surface area (Å²) in [7, 11) is 0. The molecule has 3 nitrogen and oxygen atoms in total. The molecule has 0 aliphatic rings. The molecule has 0 aliphatic carbocycles. The Bertz CT molecular complexity index is 477. The zero-order chi connectivity index (χ0) is 12.1. The van der Waals surface area contributed by atoms with Crippen LogP contribution in [-0.2, 0) is 0 Å². The van der Waals surface area contributed by atoms with Crippen molar-refractivity contribution in [2.75, 3.05) is 6.61 Å². The second-order valence-electron chi connectivity index (χ2n) is 3.88. The van der Waals surface area contributed by atoms with Gasteiger partial charge in [-0.15, -0.1) is 0 Å². The third-order valence-corrected chi connectivity index (χ3v) is 2.72. The predicted molar refractivity (Wildman–Crippen MR) is 68.9 cm³/mol. The number of imidazole rings is 1. The van der Waals surface area contributed by atoms with Gasteiger partial charge in [0.1, 0.15) is 0 Å². The van der Waals surface area contributed by atoms with E-state index in [4.69, 9.17) is 5.11 Å². The lowest BCUT2D eigenvalue weighted by Gasteiger charge is -2.03. The van der Waals surface area contributed by atoms with Crippen molar-refractivity contribution in [1.29, 1.82) is 0 Å². The zero-order valence-electron chi connectivity index (χ0n) is 9.87. The highest BCUT2D eigenvalue weighted by Gasteiger charge is 1.96. The lowest BCUT2D eigenvalue weighted by molar-refractivity contribution is 0.329. The van der Waals surface area contributed by atoms with Gasteiger partial charge in [-0.2, -0.15) is 0 Å². The average molecular weight is 228 g/mol. The Labute approximate surface area is 101 Å². The van der Waals surface area contributed by atoms with Crippen LogP contribution in [0.5, 0.6) is 0 Å². The molecule has 1 aromatic carbocycles. The third kappa shape index (κ3) is 2.82. The molecule has 17 heavy (non-hydrogen) atoms. The van der Waals surface area contributed by atoms with E-state index in [0.717, 1.165) is 23.2 Å². The highest BCUT2D eigenvalue weighted by atomic mass is 16.3. The SMILES string of the molecule is CCC(=Cc1ccc(-n2ccnc2)cc1)CO. The van der Waals surface area contributed by atoms with Crippen molar-refractivity contribution in [2.45, 2.75) is 13.3 Å². The van der Waals surface area contributed by atoms with Crippen LogP contribution in [-0.4, -0.2) is 21.3 Å². The summed E-state index contributed by atoms with van der Waals surface area (Å²) >= 11 is 0. The zero-order valence-corrected chi connectivity index (χ0v) is 9.87. The Balaban J connectivity index is 2.21. The van der Waals surface area contributed by atoms with Crippen LogP contribution >= 0.6 is 0 Å². The molecular weight excluding hydrogens is 212 g/mol. The van der Waals surface area contributed by atoms with Gasteiger partial charge in [-0.25, -0.2) is 4.98 Å². The van der Waals surface area contributed by atoms with Gasteiger partial charge in [0.15, 0.2) is 0 Å². The quantitative estimate of drug-likeness (QED) is 0.873. The van der Waals surface area contributed by atoms with E-state index in [1.54, 1.807) is 12.5 Å². The minimum Gasteiger partial charge on any atom is -0.392 e. The van der Waals surface area contributed by atoms with Crippen molar-refractivity contribution in [3.8, 4) is 5.69 Å². The lowest BCUT2D eigenvalue weighted by atomic mass is 10.1. The number of hydrogen-bond acceptors (Lipinski definition) is 2. The molecule has 0 aliphatic heterocycles. The van der Waals surface area contributed by atoms with Crippen LogP contribution in [0.1, 0.15) is 18.9 Å². The molecule has 88 valence electrons. The molecule has 3 heteroatoms. The second kappa shape index (κ2) is 5.46. The monoisotopic (exact) mass is 228 g/mol. The normalized spacial score (nSPS) is 11.8. The maximum atomic E-state index is 9.11. The number of aromatic nitrogens is 2. The van der Waals surface area contributed by atoms with Crippen molar-refractivity contribution < 1.29 is 5.11 Å². The summed E-state index contributed by atoms with van der Waals surface area (Å²) in [6.45, 7) is 2.17. The van der Waals surface area contributed by atoms with Crippen LogP contribution in [0.2, 0.25) is 0 Å². The van der Waals surface area contributed by atoms with Crippen molar-refractivity contribution in [1.82, 2.24) is 9.55 Å². The number of rotatable bonds is 4. The Morgan fingerprint density at radius 2 is 2.12 bits per heavy atom. The Morgan fingerprint density at radius 1 is 1.35 bits per heavy atom. The fourth-order valence-corrected chi connectivity index (χ4v) is 1.65. The number of aliphatic hydroxyl groups excluding tert-OH is 1. The predicted octanol–water partition coefficient (Wildman–Crippen LogP) is 2.66. The summed E-state index contributed by atoms with van der Waals surface area (Å²) in [4.78, 5) is 4.01. The van der Waals surface area contributed by atoms with Crippen molar-refractivity contribution in [3.05, 3.63) is 54.1 Å². The van der Waals surface area contributed by atoms with Gasteiger partial charge in [0, 0.05) is 18.1 Å². The summed E-state index contributed by atoms with van der Waals surface area (Å²) in [5, 5.41) is 9.11. The Hall–Kier alpha value is -1.87. The number of hydrogen-bond donors (Lipinski definition) is 1. The lowest BCUT2D eigenvalue weighted by Crippen LogP contribution is -1.90. The second-order valence-corrected chi connectivity index (χ2v) is 3.88. The summed E-state index contributed by atoms with van der Waals surface area (Å²) in [5.41, 5.74) is 3.24. The number of benzene rings is 1. The largest absolute Gasteiger partial charge is 0.392 e. The molecule has 2 rings (SSSR count). The summed E-state index contributed by atoms with van der Waals surface area (Å²) in [6.07, 6.45) is 8.35. The van der Waals surface area contributed by atoms with Gasteiger partial charge in [-0.3, -0.25) is 0 Å². The highest BCUT2D eigenvalue weighted by Crippen LogP contribution is 2.13. The number of nitrogens with zero attached hydrogens (tertiary/aromatic N) is 2. The fourth-order valence-electron chi connectivity index (χ4n) is 1.65. The van der Waals surface area contributed by atoms with Crippen LogP contribution in [0.4, 0.5) is 0 Å². The van der Waals surface area contributed by atoms with Gasteiger partial charge in [-0.05, 0) is 29.7 Å². The summed E-state index contributed by atoms with van der Waals surface area (Å²) in [5.74, 6) is 0. The average Bonchev–Trinajstić information content (AvgIpc) is 2.90. The van der Waals surface area contributed by atoms with Crippen LogP contribution in [0.25, 0.3) is 11.8 Å². The van der Waals surface area contributed by atoms with Gasteiger partial charge in [-0.1, -0.05) is 25.1 Å². The van der Waals surface area contributed by atoms with E-state index in [9.17, 15) is 0 Å². The first-order valence-electron chi connectivity index (χ1n) is 5.72. The van der Waals surface area contributed by atoms with Crippen LogP contribution < -0.4 is 0 Å². The van der Waals surface area contributed by atoms with Gasteiger partial charge in [0.25, 0.3) is 0 Å². The molecular formula is C14H16N2O. The smallest absolute Gasteiger partial charge is 0.0991 e. The van der Waals surface area contributed by atoms with E-state index in [1.165, 1.54) is 0 Å². The van der Waals surface area contributed by atoms with Gasteiger partial charge < -0.3 is 9.67 Å². The standard InChI is InChI=1S/C14H16N2O/c1-2-12(10-17)9-13-3-5-14(6-4-13)16-8-7-15-11-16/h3-9,11,17H,2,10H2,1H3. The highest BCUT2D eigenvalue weighted by molar-refractivity contribution is 5.54. The van der Waals surface area contributed by atoms with Crippen molar-refractivity contribution >= 4 is 6.08 Å². The molecule has 1 heterocycles. The first-order valence-corrected chi connectivity index (χ1v) is 5.72. The van der Waals surface area contributed by atoms with Gasteiger partial charge in [0.05, 0.1) is 12.9 Å². The summed E-state index contributed by atoms with van der Waals surface area (Å²) < 4.78 is 1.96. The molecule has 0 saturated carbocycles. The molecule has 0 bridgehead atoms. The van der Waals surface area contributed by atoms with E-state index < -0.39 is 0 Å². The molecule has 0 amide bonds. The molecule has 0 spiro atoms. The van der Waals surface area contributed by atoms with E-state index in [2.05, 4.69) is 4.98 Å². The first-order chi connectivity index (χ1) is 8.33. The van der Waals surface area contributed by atoms with E-state index in [0.29, 0.717) is 0 Å². The minimum atomic E-state index is 0.125. The minimum absolute atomic E-state index is 0.125. The maximum Gasteiger partial charge on any atom is 0.0991 e. The molecule has 0 unspecified atom stereocenters. The van der Waals surface area contributed by atoms with E-state index in [-0.39, 0.29) is 6.61 Å². The van der Waals surface area contributed by atoms with E-state index >= 15 is 0 Å². The molecule has 1 aromatic heterocycles. The van der Waals surface area contributed by atoms with Gasteiger partial charge in [0.2, 0.25) is 0 Å². The summed E-state index contributed by atoms with van der Waals surface area (Å²) in [6, 6.07) is 8.16. The van der Waals surface area contributed by atoms with Crippen LogP contribution in [0, 0.1) is 0 Å². The van der Waals surface area contributed by atoms with E-state index in [1.807, 2.05) is 48.0 Å². The Kier molecular flexibility index (Phi) is 3.73. The van der Waals surface area contributed by atoms with Crippen LogP contribution in [0.15, 0.2) is 48.6 Å². The van der Waals surface area contributed by atoms with Crippen molar-refractivity contribution in [2.24, 2.45) is 0 Å². The molecule has 0 saturated heterocycles. The Morgan fingerprint density at radius 3 is 2.65 bits per heavy atom. The topological polar surface area (TPSA) is 38.0 Å². The van der Waals surface area contributed by atoms with Crippen LogP contribution in [0.3, 0.4) is 0 Å². The third-order valence-electron chi connectivity index (χ3n) is 2.72. The molecule has 0 radical (unpaired) electrons. The fraction of sp³-hybridized carbons (Fsp3) is 0.214. The van der Waals surface area contributed by atoms with Crippen molar-refractivity contribution in [3.63, 3.8) is 0 Å². The molecule has 0 fully saturated rings.